The van der Waals surface area contributed by atoms with Crippen molar-refractivity contribution in [2.24, 2.45) is 0 Å². The molecule has 0 aromatic heterocycles. The van der Waals surface area contributed by atoms with Crippen LogP contribution in [0.15, 0.2) is 46.9 Å². The Balaban J connectivity index is 2.02. The zero-order chi connectivity index (χ0) is 14.5. The molecule has 1 N–H and O–H groups in total. The molecule has 104 valence electrons. The second-order valence-electron chi connectivity index (χ2n) is 4.57. The largest absolute Gasteiger partial charge is 0.348 e. The molecule has 2 aromatic rings. The molecule has 0 saturated heterocycles. The molecule has 2 rings (SSSR count). The highest BCUT2D eigenvalue weighted by Crippen LogP contribution is 2.21. The maximum absolute atomic E-state index is 12.2. The van der Waals surface area contributed by atoms with E-state index in [-0.39, 0.29) is 5.91 Å². The third kappa shape index (κ3) is 3.62. The number of benzene rings is 2. The van der Waals surface area contributed by atoms with Crippen LogP contribution in [0.25, 0.3) is 0 Å². The molecule has 0 aliphatic carbocycles. The maximum atomic E-state index is 12.2. The Morgan fingerprint density at radius 2 is 1.80 bits per heavy atom. The average molecular weight is 353 g/mol. The van der Waals surface area contributed by atoms with Crippen molar-refractivity contribution in [1.82, 2.24) is 5.32 Å². The number of alkyl halides is 1. The predicted molar refractivity (Wildman–Crippen MR) is 86.0 cm³/mol. The van der Waals surface area contributed by atoms with E-state index >= 15 is 0 Å². The molecule has 0 bridgehead atoms. The molecule has 1 amide bonds. The van der Waals surface area contributed by atoms with Gasteiger partial charge in [0.15, 0.2) is 0 Å². The number of hydrogen-bond acceptors (Lipinski definition) is 1. The van der Waals surface area contributed by atoms with Crippen LogP contribution in [0.5, 0.6) is 0 Å². The quantitative estimate of drug-likeness (QED) is 0.811. The Bertz CT molecular complexity index is 610. The molecule has 0 spiro atoms. The van der Waals surface area contributed by atoms with Crippen molar-refractivity contribution < 1.29 is 4.79 Å². The van der Waals surface area contributed by atoms with E-state index in [1.165, 1.54) is 0 Å². The minimum absolute atomic E-state index is 0.0815. The lowest BCUT2D eigenvalue weighted by atomic mass is 10.1. The van der Waals surface area contributed by atoms with Crippen molar-refractivity contribution in [2.75, 3.05) is 0 Å². The molecule has 2 nitrogen and oxygen atoms in total. The number of halogens is 2. The molecule has 4 heteroatoms. The Kier molecular flexibility index (Phi) is 5.21. The zero-order valence-electron chi connectivity index (χ0n) is 11.1. The van der Waals surface area contributed by atoms with Gasteiger partial charge in [-0.2, -0.15) is 0 Å². The van der Waals surface area contributed by atoms with E-state index < -0.39 is 0 Å². The summed E-state index contributed by atoms with van der Waals surface area (Å²) in [5.74, 6) is 0.421. The number of amides is 1. The van der Waals surface area contributed by atoms with Crippen molar-refractivity contribution in [3.63, 3.8) is 0 Å². The van der Waals surface area contributed by atoms with Crippen LogP contribution in [0.4, 0.5) is 0 Å². The zero-order valence-corrected chi connectivity index (χ0v) is 13.5. The first-order valence-corrected chi connectivity index (χ1v) is 7.61. The molecule has 0 aliphatic heterocycles. The molecule has 0 aliphatic rings. The lowest BCUT2D eigenvalue weighted by molar-refractivity contribution is 0.0950. The molecular weight excluding hydrogens is 338 g/mol. The first kappa shape index (κ1) is 15.1. The topological polar surface area (TPSA) is 29.1 Å². The van der Waals surface area contributed by atoms with Crippen LogP contribution in [-0.2, 0) is 12.4 Å². The molecule has 0 unspecified atom stereocenters. The SMILES string of the molecule is Cc1cccc(C(=O)NCc2ccc(CCl)cc2)c1Br. The minimum Gasteiger partial charge on any atom is -0.348 e. The fourth-order valence-electron chi connectivity index (χ4n) is 1.85. The third-order valence-electron chi connectivity index (χ3n) is 3.07. The van der Waals surface area contributed by atoms with Crippen LogP contribution in [0, 0.1) is 6.92 Å². The van der Waals surface area contributed by atoms with Crippen molar-refractivity contribution in [1.29, 1.82) is 0 Å². The fourth-order valence-corrected chi connectivity index (χ4v) is 2.47. The van der Waals surface area contributed by atoms with E-state index in [4.69, 9.17) is 11.6 Å². The number of nitrogens with one attached hydrogen (secondary N) is 1. The van der Waals surface area contributed by atoms with Crippen LogP contribution in [0.2, 0.25) is 0 Å². The number of carbonyl (C=O) groups excluding carboxylic acids is 1. The van der Waals surface area contributed by atoms with Crippen molar-refractivity contribution >= 4 is 33.4 Å². The van der Waals surface area contributed by atoms with Crippen LogP contribution in [0.1, 0.15) is 27.0 Å². The first-order chi connectivity index (χ1) is 9.61. The summed E-state index contributed by atoms with van der Waals surface area (Å²) in [7, 11) is 0. The molecule has 0 heterocycles. The van der Waals surface area contributed by atoms with Crippen LogP contribution in [-0.4, -0.2) is 5.91 Å². The number of carbonyl (C=O) groups is 1. The van der Waals surface area contributed by atoms with Gasteiger partial charge in [0.05, 0.1) is 5.56 Å². The molecule has 0 saturated carbocycles. The van der Waals surface area contributed by atoms with Gasteiger partial charge in [-0.15, -0.1) is 11.6 Å². The maximum Gasteiger partial charge on any atom is 0.252 e. The van der Waals surface area contributed by atoms with Crippen molar-refractivity contribution in [3.05, 3.63) is 69.2 Å². The summed E-state index contributed by atoms with van der Waals surface area (Å²) < 4.78 is 0.843. The van der Waals surface area contributed by atoms with E-state index in [1.807, 2.05) is 49.4 Å². The monoisotopic (exact) mass is 351 g/mol. The predicted octanol–water partition coefficient (Wildman–Crippen LogP) is 4.43. The summed E-state index contributed by atoms with van der Waals surface area (Å²) in [4.78, 5) is 12.2. The third-order valence-corrected chi connectivity index (χ3v) is 4.43. The number of aryl methyl sites for hydroxylation is 1. The summed E-state index contributed by atoms with van der Waals surface area (Å²) in [6, 6.07) is 13.5. The van der Waals surface area contributed by atoms with Gasteiger partial charge in [-0.1, -0.05) is 36.4 Å². The second kappa shape index (κ2) is 6.91. The molecule has 20 heavy (non-hydrogen) atoms. The highest BCUT2D eigenvalue weighted by atomic mass is 79.9. The van der Waals surface area contributed by atoms with E-state index in [1.54, 1.807) is 0 Å². The Morgan fingerprint density at radius 3 is 2.45 bits per heavy atom. The van der Waals surface area contributed by atoms with Gasteiger partial charge in [0.1, 0.15) is 0 Å². The standard InChI is InChI=1S/C16H15BrClNO/c1-11-3-2-4-14(15(11)17)16(20)19-10-13-7-5-12(9-18)6-8-13/h2-8H,9-10H2,1H3,(H,19,20). The van der Waals surface area contributed by atoms with Gasteiger partial charge >= 0.3 is 0 Å². The van der Waals surface area contributed by atoms with Crippen LogP contribution in [0.3, 0.4) is 0 Å². The summed E-state index contributed by atoms with van der Waals surface area (Å²) in [5, 5.41) is 2.92. The lowest BCUT2D eigenvalue weighted by Crippen LogP contribution is -2.23. The van der Waals surface area contributed by atoms with Gasteiger partial charge < -0.3 is 5.32 Å². The minimum atomic E-state index is -0.0815. The summed E-state index contributed by atoms with van der Waals surface area (Å²) in [5.41, 5.74) is 3.82. The van der Waals surface area contributed by atoms with Gasteiger partial charge in [-0.3, -0.25) is 4.79 Å². The van der Waals surface area contributed by atoms with E-state index in [9.17, 15) is 4.79 Å². The van der Waals surface area contributed by atoms with E-state index in [2.05, 4.69) is 21.2 Å². The second-order valence-corrected chi connectivity index (χ2v) is 5.63. The van der Waals surface area contributed by atoms with Crippen molar-refractivity contribution in [3.8, 4) is 0 Å². The smallest absolute Gasteiger partial charge is 0.252 e. The van der Waals surface area contributed by atoms with Crippen LogP contribution >= 0.6 is 27.5 Å². The average Bonchev–Trinajstić information content (AvgIpc) is 2.48. The first-order valence-electron chi connectivity index (χ1n) is 6.29. The van der Waals surface area contributed by atoms with E-state index in [0.717, 1.165) is 21.2 Å². The van der Waals surface area contributed by atoms with Gasteiger partial charge in [-0.05, 0) is 45.6 Å². The summed E-state index contributed by atoms with van der Waals surface area (Å²) >= 11 is 9.19. The molecular formula is C16H15BrClNO. The normalized spacial score (nSPS) is 10.3. The van der Waals surface area contributed by atoms with Crippen LogP contribution < -0.4 is 5.32 Å². The molecule has 2 aromatic carbocycles. The van der Waals surface area contributed by atoms with Gasteiger partial charge in [-0.25, -0.2) is 0 Å². The summed E-state index contributed by atoms with van der Waals surface area (Å²) in [6.07, 6.45) is 0. The molecule has 0 radical (unpaired) electrons. The number of rotatable bonds is 4. The van der Waals surface area contributed by atoms with Gasteiger partial charge in [0.25, 0.3) is 5.91 Å². The summed E-state index contributed by atoms with van der Waals surface area (Å²) in [6.45, 7) is 2.47. The Labute approximate surface area is 132 Å². The van der Waals surface area contributed by atoms with Crippen molar-refractivity contribution in [2.45, 2.75) is 19.3 Å². The molecule has 0 fully saturated rings. The lowest BCUT2D eigenvalue weighted by Gasteiger charge is -2.09. The van der Waals surface area contributed by atoms with E-state index in [0.29, 0.717) is 18.0 Å². The molecule has 0 atom stereocenters. The Hall–Kier alpha value is -1.32. The Morgan fingerprint density at radius 1 is 1.15 bits per heavy atom. The fraction of sp³-hybridized carbons (Fsp3) is 0.188. The highest BCUT2D eigenvalue weighted by Gasteiger charge is 2.10. The van der Waals surface area contributed by atoms with Gasteiger partial charge in [0, 0.05) is 16.9 Å². The number of hydrogen-bond donors (Lipinski definition) is 1. The highest BCUT2D eigenvalue weighted by molar-refractivity contribution is 9.10. The van der Waals surface area contributed by atoms with Gasteiger partial charge in [0.2, 0.25) is 0 Å².